The van der Waals surface area contributed by atoms with Gasteiger partial charge in [0.25, 0.3) is 0 Å². The average molecular weight is 137 g/mol. The van der Waals surface area contributed by atoms with Crippen LogP contribution in [0.1, 0.15) is 27.2 Å². The van der Waals surface area contributed by atoms with Gasteiger partial charge in [0.15, 0.2) is 0 Å². The van der Waals surface area contributed by atoms with Gasteiger partial charge in [0.1, 0.15) is 5.56 Å². The smallest absolute Gasteiger partial charge is 0.133 e. The van der Waals surface area contributed by atoms with Crippen LogP contribution in [0.15, 0.2) is 0 Å². The quantitative estimate of drug-likeness (QED) is 0.576. The number of hydrogen-bond donors (Lipinski definition) is 1. The molecule has 0 rings (SSSR count). The molecule has 0 radical (unpaired) electrons. The number of rotatable bonds is 2. The highest BCUT2D eigenvalue weighted by atomic mass is 35.5. The van der Waals surface area contributed by atoms with Gasteiger partial charge in [0, 0.05) is 5.41 Å². The Morgan fingerprint density at radius 1 is 1.62 bits per heavy atom. The van der Waals surface area contributed by atoms with E-state index in [0.717, 1.165) is 6.42 Å². The van der Waals surface area contributed by atoms with Gasteiger partial charge in [0.05, 0.1) is 0 Å². The van der Waals surface area contributed by atoms with E-state index in [1.54, 1.807) is 0 Å². The van der Waals surface area contributed by atoms with Crippen molar-refractivity contribution in [3.63, 3.8) is 0 Å². The summed E-state index contributed by atoms with van der Waals surface area (Å²) in [5, 5.41) is 8.85. The molecule has 0 aliphatic rings. The molecule has 0 heterocycles. The number of halogens is 1. The molecule has 0 spiro atoms. The minimum absolute atomic E-state index is 0.137. The molecule has 2 heteroatoms. The molecule has 0 fully saturated rings. The maximum absolute atomic E-state index is 8.85. The SMILES string of the molecule is CCC(C)(C)C(O)Cl. The lowest BCUT2D eigenvalue weighted by atomic mass is 9.91. The zero-order chi connectivity index (χ0) is 6.78. The average Bonchev–Trinajstić information content (AvgIpc) is 1.67. The fourth-order valence-corrected chi connectivity index (χ4v) is 0.323. The van der Waals surface area contributed by atoms with E-state index in [1.807, 2.05) is 20.8 Å². The minimum Gasteiger partial charge on any atom is -0.377 e. The Morgan fingerprint density at radius 3 is 2.00 bits per heavy atom. The third-order valence-corrected chi connectivity index (χ3v) is 2.15. The number of hydrogen-bond acceptors (Lipinski definition) is 1. The summed E-state index contributed by atoms with van der Waals surface area (Å²) in [6, 6.07) is 0. The van der Waals surface area contributed by atoms with Crippen LogP contribution in [0, 0.1) is 5.41 Å². The topological polar surface area (TPSA) is 20.2 Å². The van der Waals surface area contributed by atoms with E-state index < -0.39 is 5.56 Å². The molecule has 0 saturated heterocycles. The van der Waals surface area contributed by atoms with E-state index in [-0.39, 0.29) is 5.41 Å². The van der Waals surface area contributed by atoms with E-state index in [2.05, 4.69) is 0 Å². The monoisotopic (exact) mass is 136 g/mol. The van der Waals surface area contributed by atoms with Gasteiger partial charge in [-0.2, -0.15) is 0 Å². The van der Waals surface area contributed by atoms with E-state index in [9.17, 15) is 0 Å². The van der Waals surface area contributed by atoms with Crippen molar-refractivity contribution in [2.75, 3.05) is 0 Å². The lowest BCUT2D eigenvalue weighted by Gasteiger charge is -2.23. The van der Waals surface area contributed by atoms with Crippen LogP contribution in [-0.4, -0.2) is 10.7 Å². The maximum Gasteiger partial charge on any atom is 0.133 e. The molecule has 1 nitrogen and oxygen atoms in total. The van der Waals surface area contributed by atoms with Gasteiger partial charge in [-0.15, -0.1) is 0 Å². The molecule has 0 amide bonds. The van der Waals surface area contributed by atoms with Crippen molar-refractivity contribution in [3.8, 4) is 0 Å². The van der Waals surface area contributed by atoms with Gasteiger partial charge < -0.3 is 5.11 Å². The van der Waals surface area contributed by atoms with Crippen LogP contribution in [0.5, 0.6) is 0 Å². The first-order chi connectivity index (χ1) is 3.50. The zero-order valence-electron chi connectivity index (χ0n) is 5.61. The molecule has 0 aliphatic carbocycles. The van der Waals surface area contributed by atoms with E-state index in [0.29, 0.717) is 0 Å². The van der Waals surface area contributed by atoms with Crippen molar-refractivity contribution in [1.82, 2.24) is 0 Å². The van der Waals surface area contributed by atoms with Crippen molar-refractivity contribution in [2.45, 2.75) is 32.8 Å². The Kier molecular flexibility index (Phi) is 2.78. The molecule has 1 atom stereocenters. The molecule has 0 saturated carbocycles. The Morgan fingerprint density at radius 2 is 2.00 bits per heavy atom. The number of aliphatic hydroxyl groups excluding tert-OH is 1. The van der Waals surface area contributed by atoms with Gasteiger partial charge in [-0.25, -0.2) is 0 Å². The highest BCUT2D eigenvalue weighted by Gasteiger charge is 2.22. The lowest BCUT2D eigenvalue weighted by molar-refractivity contribution is 0.116. The van der Waals surface area contributed by atoms with Crippen LogP contribution >= 0.6 is 11.6 Å². The summed E-state index contributed by atoms with van der Waals surface area (Å²) in [5.74, 6) is 0. The van der Waals surface area contributed by atoms with Gasteiger partial charge in [-0.05, 0) is 6.42 Å². The van der Waals surface area contributed by atoms with Crippen molar-refractivity contribution in [1.29, 1.82) is 0 Å². The highest BCUT2D eigenvalue weighted by molar-refractivity contribution is 6.19. The Bertz CT molecular complexity index is 68.9. The number of aliphatic hydroxyl groups is 1. The van der Waals surface area contributed by atoms with E-state index in [4.69, 9.17) is 16.7 Å². The fourth-order valence-electron chi connectivity index (χ4n) is 0.168. The standard InChI is InChI=1S/C6H13ClO/c1-4-6(2,3)5(7)8/h5,8H,4H2,1-3H3. The Hall–Kier alpha value is 0.250. The molecule has 0 aliphatic heterocycles. The normalized spacial score (nSPS) is 16.1. The molecule has 1 unspecified atom stereocenters. The fraction of sp³-hybridized carbons (Fsp3) is 1.00. The van der Waals surface area contributed by atoms with Gasteiger partial charge in [-0.3, -0.25) is 0 Å². The molecule has 0 aromatic heterocycles. The summed E-state index contributed by atoms with van der Waals surface area (Å²) in [6.07, 6.45) is 0.900. The first-order valence-corrected chi connectivity index (χ1v) is 3.26. The molecule has 0 bridgehead atoms. The summed E-state index contributed by atoms with van der Waals surface area (Å²) in [5.41, 5.74) is -0.853. The second-order valence-corrected chi connectivity index (χ2v) is 3.09. The van der Waals surface area contributed by atoms with Crippen LogP contribution in [-0.2, 0) is 0 Å². The molecule has 1 N–H and O–H groups in total. The Labute approximate surface area is 55.7 Å². The van der Waals surface area contributed by atoms with Gasteiger partial charge >= 0.3 is 0 Å². The zero-order valence-corrected chi connectivity index (χ0v) is 6.37. The molecule has 0 aromatic rings. The van der Waals surface area contributed by atoms with Crippen LogP contribution < -0.4 is 0 Å². The molecular formula is C6H13ClO. The number of alkyl halides is 1. The van der Waals surface area contributed by atoms with Gasteiger partial charge in [0.2, 0.25) is 0 Å². The summed E-state index contributed by atoms with van der Waals surface area (Å²) < 4.78 is 0. The van der Waals surface area contributed by atoms with Crippen molar-refractivity contribution in [2.24, 2.45) is 5.41 Å². The minimum atomic E-state index is -0.715. The first kappa shape index (κ1) is 8.25. The van der Waals surface area contributed by atoms with Crippen LogP contribution in [0.25, 0.3) is 0 Å². The van der Waals surface area contributed by atoms with E-state index in [1.165, 1.54) is 0 Å². The predicted octanol–water partition coefficient (Wildman–Crippen LogP) is 1.98. The van der Waals surface area contributed by atoms with E-state index >= 15 is 0 Å². The highest BCUT2D eigenvalue weighted by Crippen LogP contribution is 2.26. The maximum atomic E-state index is 8.85. The summed E-state index contributed by atoms with van der Waals surface area (Å²) >= 11 is 5.43. The Balaban J connectivity index is 3.71. The summed E-state index contributed by atoms with van der Waals surface area (Å²) in [7, 11) is 0. The third kappa shape index (κ3) is 2.01. The second kappa shape index (κ2) is 2.70. The third-order valence-electron chi connectivity index (χ3n) is 1.56. The lowest BCUT2D eigenvalue weighted by Crippen LogP contribution is -2.22. The van der Waals surface area contributed by atoms with Crippen LogP contribution in [0.3, 0.4) is 0 Å². The van der Waals surface area contributed by atoms with Gasteiger partial charge in [-0.1, -0.05) is 32.4 Å². The van der Waals surface area contributed by atoms with Crippen molar-refractivity contribution < 1.29 is 5.11 Å². The van der Waals surface area contributed by atoms with Crippen molar-refractivity contribution in [3.05, 3.63) is 0 Å². The summed E-state index contributed by atoms with van der Waals surface area (Å²) in [4.78, 5) is 0. The second-order valence-electron chi connectivity index (χ2n) is 2.68. The largest absolute Gasteiger partial charge is 0.377 e. The van der Waals surface area contributed by atoms with Crippen molar-refractivity contribution >= 4 is 11.6 Å². The molecule has 50 valence electrons. The van der Waals surface area contributed by atoms with Crippen LogP contribution in [0.4, 0.5) is 0 Å². The summed E-state index contributed by atoms with van der Waals surface area (Å²) in [6.45, 7) is 5.88. The predicted molar refractivity (Wildman–Crippen MR) is 35.9 cm³/mol. The van der Waals surface area contributed by atoms with Crippen LogP contribution in [0.2, 0.25) is 0 Å². The molecular weight excluding hydrogens is 124 g/mol. The molecule has 8 heavy (non-hydrogen) atoms. The molecule has 0 aromatic carbocycles. The first-order valence-electron chi connectivity index (χ1n) is 2.83.